The van der Waals surface area contributed by atoms with Gasteiger partial charge in [0, 0.05) is 17.8 Å². The van der Waals surface area contributed by atoms with E-state index in [-0.39, 0.29) is 0 Å². The van der Waals surface area contributed by atoms with Gasteiger partial charge in [-0.3, -0.25) is 0 Å². The maximum Gasteiger partial charge on any atom is 0.246 e. The summed E-state index contributed by atoms with van der Waals surface area (Å²) in [4.78, 5) is 4.45. The van der Waals surface area contributed by atoms with Crippen LogP contribution < -0.4 is 0 Å². The molecule has 0 radical (unpaired) electrons. The smallest absolute Gasteiger partial charge is 0.246 e. The molecule has 0 spiro atoms. The SMILES string of the molecule is Cc1cn(Cc2nc(C3CC3)no2)c(C)c1C. The van der Waals surface area contributed by atoms with Gasteiger partial charge in [0.1, 0.15) is 6.54 Å². The molecule has 4 heteroatoms. The summed E-state index contributed by atoms with van der Waals surface area (Å²) in [6.07, 6.45) is 4.56. The van der Waals surface area contributed by atoms with Crippen LogP contribution >= 0.6 is 0 Å². The predicted octanol–water partition coefficient (Wildman–Crippen LogP) is 2.72. The Morgan fingerprint density at radius 2 is 2.12 bits per heavy atom. The van der Waals surface area contributed by atoms with E-state index in [9.17, 15) is 0 Å². The number of nitrogens with zero attached hydrogens (tertiary/aromatic N) is 3. The molecule has 17 heavy (non-hydrogen) atoms. The summed E-state index contributed by atoms with van der Waals surface area (Å²) in [5, 5.41) is 4.03. The molecule has 90 valence electrons. The molecule has 0 aromatic carbocycles. The summed E-state index contributed by atoms with van der Waals surface area (Å²) in [7, 11) is 0. The van der Waals surface area contributed by atoms with Gasteiger partial charge in [-0.1, -0.05) is 5.16 Å². The van der Waals surface area contributed by atoms with E-state index in [1.807, 2.05) is 0 Å². The lowest BCUT2D eigenvalue weighted by atomic mass is 10.2. The van der Waals surface area contributed by atoms with Crippen LogP contribution in [0.3, 0.4) is 0 Å². The summed E-state index contributed by atoms with van der Waals surface area (Å²) in [5.41, 5.74) is 3.92. The molecule has 3 rings (SSSR count). The van der Waals surface area contributed by atoms with E-state index in [0.29, 0.717) is 18.4 Å². The van der Waals surface area contributed by atoms with Crippen LogP contribution in [0, 0.1) is 20.8 Å². The van der Waals surface area contributed by atoms with Crippen molar-refractivity contribution in [1.29, 1.82) is 0 Å². The largest absolute Gasteiger partial charge is 0.342 e. The lowest BCUT2D eigenvalue weighted by Gasteiger charge is -2.01. The molecule has 0 atom stereocenters. The molecule has 4 nitrogen and oxygen atoms in total. The van der Waals surface area contributed by atoms with Crippen molar-refractivity contribution >= 4 is 0 Å². The molecule has 0 amide bonds. The molecule has 2 heterocycles. The topological polar surface area (TPSA) is 43.9 Å². The monoisotopic (exact) mass is 231 g/mol. The first-order chi connectivity index (χ1) is 8.15. The van der Waals surface area contributed by atoms with Crippen LogP contribution in [0.5, 0.6) is 0 Å². The van der Waals surface area contributed by atoms with E-state index in [2.05, 4.69) is 41.7 Å². The second kappa shape index (κ2) is 3.72. The number of aryl methyl sites for hydroxylation is 1. The molecule has 0 N–H and O–H groups in total. The first kappa shape index (κ1) is 10.6. The standard InChI is InChI=1S/C13H17N3O/c1-8-6-16(10(3)9(8)2)7-12-14-13(15-17-12)11-4-5-11/h6,11H,4-5,7H2,1-3H3. The van der Waals surface area contributed by atoms with Crippen molar-refractivity contribution in [3.05, 3.63) is 34.7 Å². The van der Waals surface area contributed by atoms with Crippen LogP contribution in [0.1, 0.15) is 47.3 Å². The molecular weight excluding hydrogens is 214 g/mol. The zero-order chi connectivity index (χ0) is 12.0. The van der Waals surface area contributed by atoms with E-state index in [4.69, 9.17) is 4.52 Å². The molecule has 1 saturated carbocycles. The van der Waals surface area contributed by atoms with Crippen molar-refractivity contribution in [1.82, 2.24) is 14.7 Å². The van der Waals surface area contributed by atoms with Crippen molar-refractivity contribution in [2.45, 2.75) is 46.1 Å². The van der Waals surface area contributed by atoms with Crippen LogP contribution in [0.15, 0.2) is 10.7 Å². The van der Waals surface area contributed by atoms with Gasteiger partial charge in [-0.2, -0.15) is 4.98 Å². The zero-order valence-corrected chi connectivity index (χ0v) is 10.5. The van der Waals surface area contributed by atoms with E-state index in [1.54, 1.807) is 0 Å². The fourth-order valence-corrected chi connectivity index (χ4v) is 2.08. The highest BCUT2D eigenvalue weighted by Crippen LogP contribution is 2.38. The fraction of sp³-hybridized carbons (Fsp3) is 0.538. The third-order valence-electron chi connectivity index (χ3n) is 3.65. The predicted molar refractivity (Wildman–Crippen MR) is 64.0 cm³/mol. The minimum Gasteiger partial charge on any atom is -0.342 e. The Hall–Kier alpha value is -1.58. The van der Waals surface area contributed by atoms with Gasteiger partial charge in [-0.05, 0) is 44.7 Å². The lowest BCUT2D eigenvalue weighted by Crippen LogP contribution is -2.01. The summed E-state index contributed by atoms with van der Waals surface area (Å²) < 4.78 is 7.47. The second-order valence-electron chi connectivity index (χ2n) is 4.97. The highest BCUT2D eigenvalue weighted by molar-refractivity contribution is 5.29. The highest BCUT2D eigenvalue weighted by atomic mass is 16.5. The van der Waals surface area contributed by atoms with Gasteiger partial charge in [0.2, 0.25) is 5.89 Å². The normalized spacial score (nSPS) is 15.5. The zero-order valence-electron chi connectivity index (χ0n) is 10.5. The lowest BCUT2D eigenvalue weighted by molar-refractivity contribution is 0.365. The summed E-state index contributed by atoms with van der Waals surface area (Å²) in [5.74, 6) is 2.16. The van der Waals surface area contributed by atoms with E-state index < -0.39 is 0 Å². The Kier molecular flexibility index (Phi) is 2.31. The number of aromatic nitrogens is 3. The second-order valence-corrected chi connectivity index (χ2v) is 4.97. The van der Waals surface area contributed by atoms with Crippen molar-refractivity contribution in [3.8, 4) is 0 Å². The van der Waals surface area contributed by atoms with Crippen molar-refractivity contribution < 1.29 is 4.52 Å². The molecule has 1 fully saturated rings. The average molecular weight is 231 g/mol. The number of rotatable bonds is 3. The third-order valence-corrected chi connectivity index (χ3v) is 3.65. The van der Waals surface area contributed by atoms with E-state index in [0.717, 1.165) is 5.82 Å². The van der Waals surface area contributed by atoms with Gasteiger partial charge < -0.3 is 9.09 Å². The first-order valence-corrected chi connectivity index (χ1v) is 6.10. The molecule has 0 aliphatic heterocycles. The van der Waals surface area contributed by atoms with Crippen LogP contribution in [0.25, 0.3) is 0 Å². The summed E-state index contributed by atoms with van der Waals surface area (Å²) in [6.45, 7) is 7.08. The Morgan fingerprint density at radius 1 is 1.35 bits per heavy atom. The molecule has 2 aromatic heterocycles. The molecule has 2 aromatic rings. The Labute approximate surface area is 101 Å². The summed E-state index contributed by atoms with van der Waals surface area (Å²) >= 11 is 0. The van der Waals surface area contributed by atoms with Gasteiger partial charge in [0.05, 0.1) is 0 Å². The maximum atomic E-state index is 5.29. The first-order valence-electron chi connectivity index (χ1n) is 6.10. The minimum atomic E-state index is 0.557. The Balaban J connectivity index is 1.82. The molecule has 1 aliphatic carbocycles. The van der Waals surface area contributed by atoms with E-state index in [1.165, 1.54) is 29.7 Å². The molecule has 1 aliphatic rings. The third kappa shape index (κ3) is 1.88. The molecule has 0 saturated heterocycles. The van der Waals surface area contributed by atoms with Crippen molar-refractivity contribution in [2.75, 3.05) is 0 Å². The Bertz CT molecular complexity index is 549. The van der Waals surface area contributed by atoms with Gasteiger partial charge in [0.25, 0.3) is 0 Å². The van der Waals surface area contributed by atoms with Crippen LogP contribution in [-0.2, 0) is 6.54 Å². The fourth-order valence-electron chi connectivity index (χ4n) is 2.08. The molecule has 0 bridgehead atoms. The van der Waals surface area contributed by atoms with Gasteiger partial charge in [-0.25, -0.2) is 0 Å². The maximum absolute atomic E-state index is 5.29. The minimum absolute atomic E-state index is 0.557. The summed E-state index contributed by atoms with van der Waals surface area (Å²) in [6, 6.07) is 0. The van der Waals surface area contributed by atoms with Crippen molar-refractivity contribution in [3.63, 3.8) is 0 Å². The average Bonchev–Trinajstić information content (AvgIpc) is 3.02. The van der Waals surface area contributed by atoms with Crippen LogP contribution in [0.2, 0.25) is 0 Å². The van der Waals surface area contributed by atoms with Crippen LogP contribution in [-0.4, -0.2) is 14.7 Å². The van der Waals surface area contributed by atoms with Gasteiger partial charge in [0.15, 0.2) is 5.82 Å². The number of hydrogen-bond donors (Lipinski definition) is 0. The quantitative estimate of drug-likeness (QED) is 0.815. The number of hydrogen-bond acceptors (Lipinski definition) is 3. The van der Waals surface area contributed by atoms with Gasteiger partial charge in [-0.15, -0.1) is 0 Å². The van der Waals surface area contributed by atoms with Crippen LogP contribution in [0.4, 0.5) is 0 Å². The Morgan fingerprint density at radius 3 is 2.71 bits per heavy atom. The van der Waals surface area contributed by atoms with E-state index >= 15 is 0 Å². The van der Waals surface area contributed by atoms with Crippen molar-refractivity contribution in [2.24, 2.45) is 0 Å². The molecule has 0 unspecified atom stereocenters. The molecular formula is C13H17N3O. The van der Waals surface area contributed by atoms with Gasteiger partial charge >= 0.3 is 0 Å². The highest BCUT2D eigenvalue weighted by Gasteiger charge is 2.28.